The Bertz CT molecular complexity index is 3680. The average molecular weight is 843 g/mol. The van der Waals surface area contributed by atoms with E-state index in [1.54, 1.807) is 0 Å². The quantitative estimate of drug-likeness (QED) is 0.152. The van der Waals surface area contributed by atoms with Crippen LogP contribution in [0.1, 0.15) is 22.5 Å². The lowest BCUT2D eigenvalue weighted by molar-refractivity contribution is 0.502. The third kappa shape index (κ3) is 5.84. The van der Waals surface area contributed by atoms with E-state index in [1.807, 2.05) is 0 Å². The van der Waals surface area contributed by atoms with Crippen molar-refractivity contribution in [3.05, 3.63) is 277 Å². The monoisotopic (exact) mass is 842 g/mol. The molecule has 0 fully saturated rings. The van der Waals surface area contributed by atoms with Crippen LogP contribution >= 0.6 is 0 Å². The number of benzene rings is 10. The molecular formula is C63H42N2O. The summed E-state index contributed by atoms with van der Waals surface area (Å²) in [6.07, 6.45) is 0. The van der Waals surface area contributed by atoms with Gasteiger partial charge < -0.3 is 13.9 Å². The summed E-state index contributed by atoms with van der Waals surface area (Å²) < 4.78 is 9.43. The maximum atomic E-state index is 7.06. The van der Waals surface area contributed by atoms with Crippen molar-refractivity contribution in [3.8, 4) is 39.1 Å². The topological polar surface area (TPSA) is 21.3 Å². The molecule has 0 bridgehead atoms. The zero-order chi connectivity index (χ0) is 43.6. The number of para-hydroxylation sites is 3. The van der Waals surface area contributed by atoms with Crippen molar-refractivity contribution in [1.29, 1.82) is 0 Å². The van der Waals surface area contributed by atoms with E-state index in [0.717, 1.165) is 50.6 Å². The fraction of sp³-hybridized carbons (Fsp3) is 0.0159. The minimum absolute atomic E-state index is 0.697. The SMILES string of the molecule is c1ccc(-c2ccc(N(c3ccc(-c4ccc5c(c4)c4ccccc4n5-c4ccccc4)cc3)c3ccc4c(c3)C(c3ccccc3)(c3ccccc3)c3oc5ccccc5c3-4)cc2)cc1. The van der Waals surface area contributed by atoms with Gasteiger partial charge in [0.25, 0.3) is 0 Å². The Labute approximate surface area is 383 Å². The van der Waals surface area contributed by atoms with Crippen molar-refractivity contribution in [3.63, 3.8) is 0 Å². The number of fused-ring (bicyclic) bond motifs is 8. The lowest BCUT2D eigenvalue weighted by Crippen LogP contribution is -2.28. The van der Waals surface area contributed by atoms with Crippen LogP contribution in [-0.4, -0.2) is 4.57 Å². The number of furan rings is 1. The summed E-state index contributed by atoms with van der Waals surface area (Å²) in [4.78, 5) is 2.40. The summed E-state index contributed by atoms with van der Waals surface area (Å²) in [5, 5.41) is 3.61. The summed E-state index contributed by atoms with van der Waals surface area (Å²) in [5.74, 6) is 0.959. The molecule has 0 atom stereocenters. The molecule has 0 unspecified atom stereocenters. The van der Waals surface area contributed by atoms with Crippen LogP contribution in [0, 0.1) is 0 Å². The third-order valence-electron chi connectivity index (χ3n) is 13.7. The highest BCUT2D eigenvalue weighted by molar-refractivity contribution is 6.10. The molecule has 1 aliphatic rings. The lowest BCUT2D eigenvalue weighted by atomic mass is 9.70. The van der Waals surface area contributed by atoms with Crippen LogP contribution in [-0.2, 0) is 5.41 Å². The van der Waals surface area contributed by atoms with Gasteiger partial charge in [0.2, 0.25) is 0 Å². The van der Waals surface area contributed by atoms with Crippen molar-refractivity contribution in [2.24, 2.45) is 0 Å². The van der Waals surface area contributed by atoms with Crippen molar-refractivity contribution < 1.29 is 4.42 Å². The van der Waals surface area contributed by atoms with Gasteiger partial charge in [-0.2, -0.15) is 0 Å². The second-order valence-electron chi connectivity index (χ2n) is 17.2. The minimum Gasteiger partial charge on any atom is -0.459 e. The van der Waals surface area contributed by atoms with Gasteiger partial charge in [-0.05, 0) is 117 Å². The molecule has 2 heterocycles. The first-order valence-corrected chi connectivity index (χ1v) is 22.7. The smallest absolute Gasteiger partial charge is 0.135 e. The van der Waals surface area contributed by atoms with Crippen LogP contribution in [0.3, 0.4) is 0 Å². The van der Waals surface area contributed by atoms with Crippen LogP contribution in [0.2, 0.25) is 0 Å². The predicted octanol–water partition coefficient (Wildman–Crippen LogP) is 16.7. The molecule has 0 spiro atoms. The summed E-state index contributed by atoms with van der Waals surface area (Å²) in [6.45, 7) is 0. The molecule has 0 saturated carbocycles. The van der Waals surface area contributed by atoms with Gasteiger partial charge in [0.15, 0.2) is 0 Å². The Morgan fingerprint density at radius 3 is 1.53 bits per heavy atom. The van der Waals surface area contributed by atoms with E-state index in [2.05, 4.69) is 264 Å². The Morgan fingerprint density at radius 2 is 0.864 bits per heavy atom. The summed E-state index contributed by atoms with van der Waals surface area (Å²) >= 11 is 0. The number of aromatic nitrogens is 1. The fourth-order valence-electron chi connectivity index (χ4n) is 10.7. The zero-order valence-electron chi connectivity index (χ0n) is 36.1. The van der Waals surface area contributed by atoms with Gasteiger partial charge in [0.1, 0.15) is 16.8 Å². The highest BCUT2D eigenvalue weighted by Crippen LogP contribution is 2.60. The zero-order valence-corrected chi connectivity index (χ0v) is 36.1. The van der Waals surface area contributed by atoms with E-state index in [4.69, 9.17) is 4.42 Å². The van der Waals surface area contributed by atoms with E-state index in [9.17, 15) is 0 Å². The van der Waals surface area contributed by atoms with E-state index in [-0.39, 0.29) is 0 Å². The normalized spacial score (nSPS) is 12.7. The first kappa shape index (κ1) is 37.9. The molecule has 10 aromatic carbocycles. The molecule has 13 rings (SSSR count). The van der Waals surface area contributed by atoms with Gasteiger partial charge >= 0.3 is 0 Å². The molecule has 3 heteroatoms. The highest BCUT2D eigenvalue weighted by Gasteiger charge is 2.50. The molecule has 1 aliphatic carbocycles. The van der Waals surface area contributed by atoms with Crippen LogP contribution in [0.25, 0.3) is 71.8 Å². The molecule has 12 aromatic rings. The highest BCUT2D eigenvalue weighted by atomic mass is 16.3. The molecule has 0 saturated heterocycles. The Balaban J connectivity index is 0.984. The van der Waals surface area contributed by atoms with E-state index in [0.29, 0.717) is 0 Å². The van der Waals surface area contributed by atoms with Crippen LogP contribution in [0.4, 0.5) is 17.1 Å². The second-order valence-corrected chi connectivity index (χ2v) is 17.2. The van der Waals surface area contributed by atoms with Gasteiger partial charge in [-0.15, -0.1) is 0 Å². The summed E-state index contributed by atoms with van der Waals surface area (Å²) in [7, 11) is 0. The molecular weight excluding hydrogens is 801 g/mol. The van der Waals surface area contributed by atoms with Crippen molar-refractivity contribution in [1.82, 2.24) is 4.57 Å². The molecule has 3 nitrogen and oxygen atoms in total. The first-order chi connectivity index (χ1) is 32.7. The van der Waals surface area contributed by atoms with Gasteiger partial charge in [0.05, 0.1) is 11.0 Å². The van der Waals surface area contributed by atoms with Crippen molar-refractivity contribution in [2.45, 2.75) is 5.41 Å². The Morgan fingerprint density at radius 1 is 0.364 bits per heavy atom. The standard InChI is InChI=1S/C63H42N2O/c1-5-17-43(18-6-1)44-29-34-50(35-30-44)64(51-36-31-45(32-37-51)46-33-40-59-56(41-46)53-25-13-15-27-58(53)65(59)49-23-11-4-12-24-49)52-38-39-54-57(42-52)63(47-19-7-2-8-20-47,48-21-9-3-10-22-48)62-61(54)55-26-14-16-28-60(55)66-62/h1-42H. The summed E-state index contributed by atoms with van der Waals surface area (Å²) in [6, 6.07) is 92.1. The predicted molar refractivity (Wildman–Crippen MR) is 273 cm³/mol. The van der Waals surface area contributed by atoms with Gasteiger partial charge in [0, 0.05) is 44.5 Å². The maximum Gasteiger partial charge on any atom is 0.135 e. The van der Waals surface area contributed by atoms with Gasteiger partial charge in [-0.25, -0.2) is 0 Å². The van der Waals surface area contributed by atoms with E-state index in [1.165, 1.54) is 60.8 Å². The average Bonchev–Trinajstić information content (AvgIpc) is 4.04. The third-order valence-corrected chi connectivity index (χ3v) is 13.7. The number of rotatable bonds is 8. The van der Waals surface area contributed by atoms with Crippen LogP contribution in [0.5, 0.6) is 0 Å². The number of hydrogen-bond acceptors (Lipinski definition) is 2. The van der Waals surface area contributed by atoms with E-state index < -0.39 is 5.41 Å². The van der Waals surface area contributed by atoms with E-state index >= 15 is 0 Å². The van der Waals surface area contributed by atoms with Crippen molar-refractivity contribution >= 4 is 49.8 Å². The van der Waals surface area contributed by atoms with Crippen molar-refractivity contribution in [2.75, 3.05) is 4.90 Å². The number of nitrogens with zero attached hydrogens (tertiary/aromatic N) is 2. The van der Waals surface area contributed by atoms with Crippen LogP contribution in [0.15, 0.2) is 259 Å². The molecule has 66 heavy (non-hydrogen) atoms. The molecule has 0 amide bonds. The first-order valence-electron chi connectivity index (χ1n) is 22.7. The fourth-order valence-corrected chi connectivity index (χ4v) is 10.7. The molecule has 2 aromatic heterocycles. The lowest BCUT2D eigenvalue weighted by Gasteiger charge is -2.33. The second kappa shape index (κ2) is 15.3. The largest absolute Gasteiger partial charge is 0.459 e. The molecule has 0 aliphatic heterocycles. The number of hydrogen-bond donors (Lipinski definition) is 0. The van der Waals surface area contributed by atoms with Crippen LogP contribution < -0.4 is 4.90 Å². The number of anilines is 3. The van der Waals surface area contributed by atoms with Gasteiger partial charge in [-0.3, -0.25) is 0 Å². The maximum absolute atomic E-state index is 7.06. The minimum atomic E-state index is -0.697. The Hall–Kier alpha value is -8.66. The Kier molecular flexibility index (Phi) is 8.75. The van der Waals surface area contributed by atoms with Gasteiger partial charge in [-0.1, -0.05) is 182 Å². The molecule has 310 valence electrons. The molecule has 0 N–H and O–H groups in total. The molecule has 0 radical (unpaired) electrons. The summed E-state index contributed by atoms with van der Waals surface area (Å²) in [5.41, 5.74) is 17.5.